The number of amides is 1. The molecule has 4 rings (SSSR count). The van der Waals surface area contributed by atoms with Gasteiger partial charge < -0.3 is 5.32 Å². The number of hydrogen-bond donors (Lipinski definition) is 1. The molecular weight excluding hydrogens is 406 g/mol. The number of carbonyl (C=O) groups excluding carboxylic acids is 1. The van der Waals surface area contributed by atoms with Gasteiger partial charge in [-0.2, -0.15) is 10.2 Å². The molecule has 0 saturated carbocycles. The highest BCUT2D eigenvalue weighted by atomic mass is 16.1. The number of carbonyl (C=O) groups is 1. The van der Waals surface area contributed by atoms with Crippen molar-refractivity contribution in [3.8, 4) is 16.9 Å². The van der Waals surface area contributed by atoms with Crippen LogP contribution in [0.3, 0.4) is 0 Å². The van der Waals surface area contributed by atoms with Crippen molar-refractivity contribution >= 4 is 11.7 Å². The maximum Gasteiger partial charge on any atom is 0.258 e. The van der Waals surface area contributed by atoms with E-state index in [0.29, 0.717) is 22.8 Å². The highest BCUT2D eigenvalue weighted by Crippen LogP contribution is 2.24. The van der Waals surface area contributed by atoms with Crippen LogP contribution in [0.2, 0.25) is 0 Å². The lowest BCUT2D eigenvalue weighted by atomic mass is 9.92. The minimum atomic E-state index is -0.273. The Morgan fingerprint density at radius 1 is 1.06 bits per heavy atom. The number of hydrogen-bond acceptors (Lipinski definition) is 6. The van der Waals surface area contributed by atoms with Crippen molar-refractivity contribution in [2.24, 2.45) is 14.1 Å². The molecule has 0 aromatic carbocycles. The fourth-order valence-corrected chi connectivity index (χ4v) is 3.27. The van der Waals surface area contributed by atoms with Crippen LogP contribution in [0.15, 0.2) is 30.7 Å². The molecule has 0 bridgehead atoms. The van der Waals surface area contributed by atoms with Gasteiger partial charge in [0, 0.05) is 43.0 Å². The summed E-state index contributed by atoms with van der Waals surface area (Å²) in [7, 11) is 3.69. The summed E-state index contributed by atoms with van der Waals surface area (Å²) >= 11 is 0. The van der Waals surface area contributed by atoms with Crippen molar-refractivity contribution in [3.63, 3.8) is 0 Å². The molecular formula is C22H27N9O. The second-order valence-electron chi connectivity index (χ2n) is 8.89. The molecule has 0 unspecified atom stereocenters. The van der Waals surface area contributed by atoms with Crippen LogP contribution < -0.4 is 5.32 Å². The molecule has 10 nitrogen and oxygen atoms in total. The number of nitrogens with one attached hydrogen (secondary N) is 1. The molecule has 1 amide bonds. The lowest BCUT2D eigenvalue weighted by Crippen LogP contribution is -2.16. The maximum absolute atomic E-state index is 12.9. The number of aromatic nitrogens is 8. The average Bonchev–Trinajstić information content (AvgIpc) is 3.43. The zero-order valence-electron chi connectivity index (χ0n) is 19.4. The largest absolute Gasteiger partial charge is 0.307 e. The molecule has 4 aromatic rings. The van der Waals surface area contributed by atoms with Gasteiger partial charge in [0.25, 0.3) is 5.91 Å². The number of rotatable bonds is 4. The predicted molar refractivity (Wildman–Crippen MR) is 121 cm³/mol. The Morgan fingerprint density at radius 2 is 1.81 bits per heavy atom. The molecule has 0 spiro atoms. The Hall–Kier alpha value is -3.82. The van der Waals surface area contributed by atoms with Crippen LogP contribution in [0.5, 0.6) is 0 Å². The van der Waals surface area contributed by atoms with E-state index in [9.17, 15) is 4.79 Å². The molecule has 0 radical (unpaired) electrons. The van der Waals surface area contributed by atoms with Crippen molar-refractivity contribution in [2.45, 2.75) is 40.0 Å². The minimum Gasteiger partial charge on any atom is -0.307 e. The van der Waals surface area contributed by atoms with Crippen LogP contribution in [-0.4, -0.2) is 45.4 Å². The van der Waals surface area contributed by atoms with Crippen LogP contribution in [0.4, 0.5) is 5.82 Å². The van der Waals surface area contributed by atoms with Gasteiger partial charge in [0.1, 0.15) is 11.5 Å². The number of anilines is 1. The summed E-state index contributed by atoms with van der Waals surface area (Å²) in [5.74, 6) is 0.350. The fraction of sp³-hybridized carbons (Fsp3) is 0.364. The van der Waals surface area contributed by atoms with Crippen LogP contribution in [0.1, 0.15) is 48.2 Å². The van der Waals surface area contributed by atoms with Gasteiger partial charge in [0.05, 0.1) is 35.0 Å². The molecule has 166 valence electrons. The van der Waals surface area contributed by atoms with Gasteiger partial charge in [-0.15, -0.1) is 5.10 Å². The molecule has 0 fully saturated rings. The second-order valence-corrected chi connectivity index (χ2v) is 8.89. The highest BCUT2D eigenvalue weighted by molar-refractivity contribution is 6.04. The summed E-state index contributed by atoms with van der Waals surface area (Å²) in [6.07, 6.45) is 5.13. The molecule has 0 saturated heterocycles. The zero-order chi connectivity index (χ0) is 23.2. The van der Waals surface area contributed by atoms with E-state index in [1.54, 1.807) is 39.6 Å². The van der Waals surface area contributed by atoms with E-state index in [0.717, 1.165) is 22.6 Å². The van der Waals surface area contributed by atoms with E-state index in [2.05, 4.69) is 51.6 Å². The Bertz CT molecular complexity index is 1300. The Kier molecular flexibility index (Phi) is 5.15. The van der Waals surface area contributed by atoms with Crippen molar-refractivity contribution < 1.29 is 4.79 Å². The SMILES string of the molecule is Cc1ncc(C(=O)Nc2cc(C(C)(C)C)nn2C)cc1-n1cc(-c2cnn(C)c2C)nn1. The van der Waals surface area contributed by atoms with Gasteiger partial charge in [-0.05, 0) is 19.9 Å². The van der Waals surface area contributed by atoms with Crippen LogP contribution >= 0.6 is 0 Å². The summed E-state index contributed by atoms with van der Waals surface area (Å²) in [5, 5.41) is 20.2. The van der Waals surface area contributed by atoms with Gasteiger partial charge in [-0.1, -0.05) is 26.0 Å². The average molecular weight is 434 g/mol. The Morgan fingerprint density at radius 3 is 2.44 bits per heavy atom. The molecule has 0 aliphatic heterocycles. The fourth-order valence-electron chi connectivity index (χ4n) is 3.27. The molecule has 4 heterocycles. The van der Waals surface area contributed by atoms with E-state index < -0.39 is 0 Å². The smallest absolute Gasteiger partial charge is 0.258 e. The van der Waals surface area contributed by atoms with Crippen LogP contribution in [0.25, 0.3) is 16.9 Å². The van der Waals surface area contributed by atoms with Crippen molar-refractivity contribution in [3.05, 3.63) is 53.4 Å². The van der Waals surface area contributed by atoms with Crippen molar-refractivity contribution in [1.82, 2.24) is 39.5 Å². The van der Waals surface area contributed by atoms with Crippen LogP contribution in [-0.2, 0) is 19.5 Å². The predicted octanol–water partition coefficient (Wildman–Crippen LogP) is 2.96. The molecule has 32 heavy (non-hydrogen) atoms. The first kappa shape index (κ1) is 21.4. The topological polar surface area (TPSA) is 108 Å². The lowest BCUT2D eigenvalue weighted by Gasteiger charge is -2.13. The van der Waals surface area contributed by atoms with E-state index in [1.165, 1.54) is 0 Å². The van der Waals surface area contributed by atoms with Gasteiger partial charge in [0.15, 0.2) is 0 Å². The molecule has 10 heteroatoms. The van der Waals surface area contributed by atoms with E-state index in [-0.39, 0.29) is 11.3 Å². The third-order valence-corrected chi connectivity index (χ3v) is 5.46. The van der Waals surface area contributed by atoms with E-state index >= 15 is 0 Å². The van der Waals surface area contributed by atoms with Gasteiger partial charge in [-0.25, -0.2) is 4.68 Å². The third-order valence-electron chi connectivity index (χ3n) is 5.46. The molecule has 0 atom stereocenters. The molecule has 1 N–H and O–H groups in total. The second kappa shape index (κ2) is 7.70. The van der Waals surface area contributed by atoms with E-state index in [1.807, 2.05) is 33.2 Å². The minimum absolute atomic E-state index is 0.114. The summed E-state index contributed by atoms with van der Waals surface area (Å²) in [6.45, 7) is 10.1. The standard InChI is InChI=1S/C22H27N9O/c1-13-18(31-12-17(26-28-31)16-11-24-29(6)14(16)2)8-15(10-23-13)21(32)25-20-9-19(22(3,4)5)27-30(20)7/h8-12H,1-7H3,(H,25,32). The highest BCUT2D eigenvalue weighted by Gasteiger charge is 2.21. The normalized spacial score (nSPS) is 11.7. The Labute approximate surface area is 186 Å². The molecule has 0 aliphatic rings. The number of aryl methyl sites for hydroxylation is 3. The van der Waals surface area contributed by atoms with Crippen LogP contribution in [0, 0.1) is 13.8 Å². The van der Waals surface area contributed by atoms with Gasteiger partial charge in [0.2, 0.25) is 0 Å². The number of pyridine rings is 1. The zero-order valence-corrected chi connectivity index (χ0v) is 19.4. The first-order chi connectivity index (χ1) is 15.0. The molecule has 4 aromatic heterocycles. The number of nitrogens with zero attached hydrogens (tertiary/aromatic N) is 8. The summed E-state index contributed by atoms with van der Waals surface area (Å²) in [5.41, 5.74) is 5.22. The Balaban J connectivity index is 1.62. The quantitative estimate of drug-likeness (QED) is 0.530. The first-order valence-electron chi connectivity index (χ1n) is 10.3. The monoisotopic (exact) mass is 433 g/mol. The lowest BCUT2D eigenvalue weighted by molar-refractivity contribution is 0.102. The first-order valence-corrected chi connectivity index (χ1v) is 10.3. The van der Waals surface area contributed by atoms with Gasteiger partial charge in [-0.3, -0.25) is 19.1 Å². The summed E-state index contributed by atoms with van der Waals surface area (Å²) in [6, 6.07) is 3.65. The van der Waals surface area contributed by atoms with Gasteiger partial charge >= 0.3 is 0 Å². The summed E-state index contributed by atoms with van der Waals surface area (Å²) in [4.78, 5) is 17.3. The summed E-state index contributed by atoms with van der Waals surface area (Å²) < 4.78 is 5.08. The molecule has 0 aliphatic carbocycles. The van der Waals surface area contributed by atoms with Crippen molar-refractivity contribution in [1.29, 1.82) is 0 Å². The maximum atomic E-state index is 12.9. The van der Waals surface area contributed by atoms with Crippen molar-refractivity contribution in [2.75, 3.05) is 5.32 Å². The van der Waals surface area contributed by atoms with E-state index in [4.69, 9.17) is 0 Å². The third kappa shape index (κ3) is 3.91.